The van der Waals surface area contributed by atoms with Gasteiger partial charge in [-0.15, -0.1) is 0 Å². The summed E-state index contributed by atoms with van der Waals surface area (Å²) in [7, 11) is 0. The smallest absolute Gasteiger partial charge is 0.275 e. The van der Waals surface area contributed by atoms with Crippen molar-refractivity contribution in [2.75, 3.05) is 26.2 Å². The van der Waals surface area contributed by atoms with Gasteiger partial charge in [0.2, 0.25) is 0 Å². The third-order valence-electron chi connectivity index (χ3n) is 7.87. The first-order valence-electron chi connectivity index (χ1n) is 9.85. The van der Waals surface area contributed by atoms with Crippen molar-refractivity contribution in [2.24, 2.45) is 17.3 Å². The average molecular weight is 324 g/mol. The van der Waals surface area contributed by atoms with Crippen LogP contribution in [-0.2, 0) is 4.79 Å². The van der Waals surface area contributed by atoms with Crippen molar-refractivity contribution < 1.29 is 15.0 Å². The van der Waals surface area contributed by atoms with Crippen LogP contribution in [0.25, 0.3) is 0 Å². The summed E-state index contributed by atoms with van der Waals surface area (Å²) in [5.41, 5.74) is 0.231. The summed E-state index contributed by atoms with van der Waals surface area (Å²) in [4.78, 5) is 14.3. The molecule has 2 saturated carbocycles. The zero-order valence-corrected chi connectivity index (χ0v) is 15.6. The molecule has 0 aromatic heterocycles. The topological polar surface area (TPSA) is 50.2 Å². The Morgan fingerprint density at radius 2 is 1.96 bits per heavy atom. The normalized spacial score (nSPS) is 41.4. The predicted molar refractivity (Wildman–Crippen MR) is 92.2 cm³/mol. The number of amides is 1. The fourth-order valence-electron chi connectivity index (χ4n) is 5.86. The molecule has 5 atom stereocenters. The maximum Gasteiger partial charge on any atom is 0.275 e. The number of hydrogen-bond donors (Lipinski definition) is 3. The molecule has 132 valence electrons. The average Bonchev–Trinajstić information content (AvgIpc) is 3.18. The largest absolute Gasteiger partial charge is 0.345 e. The van der Waals surface area contributed by atoms with Gasteiger partial charge in [-0.1, -0.05) is 13.8 Å². The van der Waals surface area contributed by atoms with E-state index in [0.717, 1.165) is 18.5 Å². The Morgan fingerprint density at radius 3 is 2.61 bits per heavy atom. The molecule has 2 aliphatic carbocycles. The van der Waals surface area contributed by atoms with Gasteiger partial charge >= 0.3 is 0 Å². The van der Waals surface area contributed by atoms with Crippen molar-refractivity contribution in [3.63, 3.8) is 0 Å². The minimum Gasteiger partial charge on any atom is -0.345 e. The van der Waals surface area contributed by atoms with Crippen LogP contribution in [0.3, 0.4) is 0 Å². The van der Waals surface area contributed by atoms with E-state index in [2.05, 4.69) is 38.3 Å². The number of hydrogen-bond acceptors (Lipinski definition) is 1. The minimum atomic E-state index is -0.00506. The van der Waals surface area contributed by atoms with Gasteiger partial charge in [-0.05, 0) is 50.4 Å². The molecule has 23 heavy (non-hydrogen) atoms. The van der Waals surface area contributed by atoms with Gasteiger partial charge < -0.3 is 15.5 Å². The number of rotatable bonds is 6. The van der Waals surface area contributed by atoms with Crippen LogP contribution in [0.1, 0.15) is 59.8 Å². The number of carbonyl (C=O) groups is 1. The quantitative estimate of drug-likeness (QED) is 0.631. The van der Waals surface area contributed by atoms with Crippen LogP contribution in [0.5, 0.6) is 0 Å². The second-order valence-electron chi connectivity index (χ2n) is 9.01. The molecule has 3 fully saturated rings. The Bertz CT molecular complexity index is 450. The highest BCUT2D eigenvalue weighted by Crippen LogP contribution is 2.61. The lowest BCUT2D eigenvalue weighted by Crippen LogP contribution is -3.16. The molecular formula is C19H37N3O+2. The van der Waals surface area contributed by atoms with Crippen LogP contribution >= 0.6 is 0 Å². The number of nitrogens with one attached hydrogen (secondary N) is 2. The molecule has 0 aromatic rings. The van der Waals surface area contributed by atoms with Crippen molar-refractivity contribution in [1.82, 2.24) is 5.32 Å². The van der Waals surface area contributed by atoms with Gasteiger partial charge in [-0.2, -0.15) is 0 Å². The third kappa shape index (κ3) is 2.93. The highest BCUT2D eigenvalue weighted by molar-refractivity contribution is 5.77. The van der Waals surface area contributed by atoms with Crippen LogP contribution < -0.4 is 15.5 Å². The summed E-state index contributed by atoms with van der Waals surface area (Å²) in [6.45, 7) is 13.5. The first kappa shape index (κ1) is 17.2. The molecule has 1 amide bonds. The first-order valence-corrected chi connectivity index (χ1v) is 9.85. The van der Waals surface area contributed by atoms with Gasteiger partial charge in [0.1, 0.15) is 12.6 Å². The molecule has 4 nitrogen and oxygen atoms in total. The summed E-state index contributed by atoms with van der Waals surface area (Å²) in [6.07, 6.45) is 6.64. The molecule has 3 aliphatic rings. The lowest BCUT2D eigenvalue weighted by atomic mass is 9.64. The summed E-state index contributed by atoms with van der Waals surface area (Å²) in [5, 5.41) is 5.69. The summed E-state index contributed by atoms with van der Waals surface area (Å²) < 4.78 is 0. The number of likely N-dealkylation sites (N-methyl/N-ethyl adjacent to an activating group) is 1. The van der Waals surface area contributed by atoms with Crippen molar-refractivity contribution in [1.29, 1.82) is 0 Å². The van der Waals surface area contributed by atoms with Crippen molar-refractivity contribution in [3.05, 3.63) is 0 Å². The van der Waals surface area contributed by atoms with Gasteiger partial charge in [0.25, 0.3) is 5.91 Å². The standard InChI is InChI=1S/C19H35N3O/c1-5-22-10-6-7-16(22)12-20-13-17(23)21-19(4)15-9-8-14(11-15)18(19,2)3/h14-16,20H,5-13H2,1-4H3,(H,21,23)/p+2/t14-,15+,16-,19+/m0/s1. The van der Waals surface area contributed by atoms with Crippen molar-refractivity contribution in [2.45, 2.75) is 71.4 Å². The number of fused-ring (bicyclic) bond motifs is 2. The molecule has 2 bridgehead atoms. The van der Waals surface area contributed by atoms with Crippen molar-refractivity contribution in [3.8, 4) is 0 Å². The van der Waals surface area contributed by atoms with Gasteiger partial charge in [0, 0.05) is 18.4 Å². The zero-order chi connectivity index (χ0) is 16.7. The third-order valence-corrected chi connectivity index (χ3v) is 7.87. The first-order chi connectivity index (χ1) is 10.9. The predicted octanol–water partition coefficient (Wildman–Crippen LogP) is -0.0520. The SMILES string of the molecule is CC[NH+]1CCC[C@H]1C[NH2+]CC(=O)N[C@]1(C)[C@@H]2CC[C@@H](C2)C1(C)C. The Kier molecular flexibility index (Phi) is 4.76. The van der Waals surface area contributed by atoms with E-state index in [1.54, 1.807) is 4.90 Å². The lowest BCUT2D eigenvalue weighted by Gasteiger charge is -2.48. The number of nitrogens with two attached hydrogens (primary N) is 1. The molecule has 3 rings (SSSR count). The van der Waals surface area contributed by atoms with Gasteiger partial charge in [0.15, 0.2) is 6.54 Å². The van der Waals surface area contributed by atoms with Crippen LogP contribution in [0.2, 0.25) is 0 Å². The van der Waals surface area contributed by atoms with Gasteiger partial charge in [-0.3, -0.25) is 4.79 Å². The highest BCUT2D eigenvalue weighted by Gasteiger charge is 2.60. The van der Waals surface area contributed by atoms with Crippen LogP contribution in [0.4, 0.5) is 0 Å². The van der Waals surface area contributed by atoms with E-state index in [0.29, 0.717) is 12.5 Å². The maximum atomic E-state index is 12.5. The van der Waals surface area contributed by atoms with E-state index in [1.165, 1.54) is 45.2 Å². The molecule has 1 aliphatic heterocycles. The minimum absolute atomic E-state index is 0.00506. The number of likely N-dealkylation sites (tertiary alicyclic amines) is 1. The van der Waals surface area contributed by atoms with E-state index >= 15 is 0 Å². The van der Waals surface area contributed by atoms with E-state index < -0.39 is 0 Å². The Hall–Kier alpha value is -0.610. The molecule has 0 spiro atoms. The number of quaternary nitrogens is 2. The summed E-state index contributed by atoms with van der Waals surface area (Å²) in [5.74, 6) is 1.72. The van der Waals surface area contributed by atoms with Crippen LogP contribution in [-0.4, -0.2) is 43.7 Å². The lowest BCUT2D eigenvalue weighted by molar-refractivity contribution is -0.923. The van der Waals surface area contributed by atoms with E-state index in [-0.39, 0.29) is 16.9 Å². The second-order valence-corrected chi connectivity index (χ2v) is 9.01. The molecule has 0 radical (unpaired) electrons. The zero-order valence-electron chi connectivity index (χ0n) is 15.6. The van der Waals surface area contributed by atoms with E-state index in [4.69, 9.17) is 0 Å². The Labute approximate surface area is 141 Å². The molecule has 1 saturated heterocycles. The summed E-state index contributed by atoms with van der Waals surface area (Å²) >= 11 is 0. The van der Waals surface area contributed by atoms with Crippen LogP contribution in [0.15, 0.2) is 0 Å². The molecule has 4 heteroatoms. The summed E-state index contributed by atoms with van der Waals surface area (Å²) in [6, 6.07) is 0.752. The molecule has 1 heterocycles. The van der Waals surface area contributed by atoms with Gasteiger partial charge in [0.05, 0.1) is 13.1 Å². The Balaban J connectivity index is 1.48. The van der Waals surface area contributed by atoms with Crippen molar-refractivity contribution >= 4 is 5.91 Å². The maximum absolute atomic E-state index is 12.5. The van der Waals surface area contributed by atoms with E-state index in [1.807, 2.05) is 0 Å². The molecule has 4 N–H and O–H groups in total. The van der Waals surface area contributed by atoms with E-state index in [9.17, 15) is 4.79 Å². The molecular weight excluding hydrogens is 286 g/mol. The Morgan fingerprint density at radius 1 is 1.22 bits per heavy atom. The highest BCUT2D eigenvalue weighted by atomic mass is 16.2. The second kappa shape index (κ2) is 6.36. The fraction of sp³-hybridized carbons (Fsp3) is 0.947. The number of carbonyl (C=O) groups excluding carboxylic acids is 1. The van der Waals surface area contributed by atoms with Crippen LogP contribution in [0, 0.1) is 17.3 Å². The molecule has 0 aromatic carbocycles. The van der Waals surface area contributed by atoms with Gasteiger partial charge in [-0.25, -0.2) is 0 Å². The monoisotopic (exact) mass is 323 g/mol. The fourth-order valence-corrected chi connectivity index (χ4v) is 5.86. The molecule has 1 unspecified atom stereocenters.